The van der Waals surface area contributed by atoms with Crippen LogP contribution in [0.3, 0.4) is 0 Å². The summed E-state index contributed by atoms with van der Waals surface area (Å²) in [5.41, 5.74) is 2.36. The van der Waals surface area contributed by atoms with E-state index >= 15 is 0 Å². The van der Waals surface area contributed by atoms with E-state index in [9.17, 15) is 0 Å². The molecule has 0 atom stereocenters. The molecule has 0 saturated heterocycles. The minimum Gasteiger partial charge on any atom is -0.382 e. The third-order valence-electron chi connectivity index (χ3n) is 2.71. The molecular weight excluding hydrogens is 355 g/mol. The van der Waals surface area contributed by atoms with Crippen molar-refractivity contribution in [2.24, 2.45) is 0 Å². The van der Waals surface area contributed by atoms with Crippen molar-refractivity contribution >= 4 is 22.6 Å². The van der Waals surface area contributed by atoms with Crippen LogP contribution in [-0.4, -0.2) is 36.7 Å². The van der Waals surface area contributed by atoms with E-state index in [1.807, 2.05) is 23.0 Å². The van der Waals surface area contributed by atoms with Gasteiger partial charge in [-0.2, -0.15) is 5.10 Å². The fourth-order valence-electron chi connectivity index (χ4n) is 1.72. The zero-order chi connectivity index (χ0) is 13.5. The summed E-state index contributed by atoms with van der Waals surface area (Å²) in [5, 5.41) is 4.35. The molecule has 4 nitrogen and oxygen atoms in total. The Labute approximate surface area is 126 Å². The van der Waals surface area contributed by atoms with Crippen molar-refractivity contribution < 1.29 is 9.47 Å². The highest BCUT2D eigenvalue weighted by atomic mass is 127. The summed E-state index contributed by atoms with van der Waals surface area (Å²) in [6.07, 6.45) is 3.95. The molecule has 102 valence electrons. The van der Waals surface area contributed by atoms with Crippen molar-refractivity contribution in [3.05, 3.63) is 40.2 Å². The zero-order valence-corrected chi connectivity index (χ0v) is 13.0. The van der Waals surface area contributed by atoms with Crippen LogP contribution in [0.4, 0.5) is 0 Å². The molecule has 5 heteroatoms. The second kappa shape index (κ2) is 7.62. The summed E-state index contributed by atoms with van der Waals surface area (Å²) in [4.78, 5) is 0. The number of methoxy groups -OCH3 is 1. The fraction of sp³-hybridized carbons (Fsp3) is 0.357. The van der Waals surface area contributed by atoms with Crippen LogP contribution in [0.1, 0.15) is 0 Å². The van der Waals surface area contributed by atoms with E-state index in [-0.39, 0.29) is 0 Å². The van der Waals surface area contributed by atoms with E-state index < -0.39 is 0 Å². The van der Waals surface area contributed by atoms with Gasteiger partial charge in [0.1, 0.15) is 0 Å². The predicted molar refractivity (Wildman–Crippen MR) is 83.1 cm³/mol. The second-order valence-electron chi connectivity index (χ2n) is 4.08. The van der Waals surface area contributed by atoms with Crippen molar-refractivity contribution in [2.75, 3.05) is 26.9 Å². The zero-order valence-electron chi connectivity index (χ0n) is 10.9. The lowest BCUT2D eigenvalue weighted by Gasteiger charge is -2.03. The Morgan fingerprint density at radius 3 is 2.84 bits per heavy atom. The number of aromatic nitrogens is 2. The van der Waals surface area contributed by atoms with Crippen LogP contribution in [0, 0.1) is 3.57 Å². The first kappa shape index (κ1) is 14.5. The summed E-state index contributed by atoms with van der Waals surface area (Å²) in [6.45, 7) is 2.66. The third-order valence-corrected chi connectivity index (χ3v) is 3.66. The molecule has 19 heavy (non-hydrogen) atoms. The number of rotatable bonds is 7. The van der Waals surface area contributed by atoms with E-state index in [2.05, 4.69) is 46.0 Å². The van der Waals surface area contributed by atoms with Crippen LogP contribution in [-0.2, 0) is 16.0 Å². The molecule has 0 bridgehead atoms. The van der Waals surface area contributed by atoms with Crippen molar-refractivity contribution in [3.63, 3.8) is 0 Å². The van der Waals surface area contributed by atoms with Crippen LogP contribution in [0.5, 0.6) is 0 Å². The first-order valence-corrected chi connectivity index (χ1v) is 7.23. The Kier molecular flexibility index (Phi) is 5.81. The predicted octanol–water partition coefficient (Wildman–Crippen LogP) is 2.82. The molecule has 0 aliphatic rings. The lowest BCUT2D eigenvalue weighted by atomic mass is 10.1. The highest BCUT2D eigenvalue weighted by Gasteiger charge is 2.04. The number of halogens is 1. The molecule has 1 aromatic heterocycles. The smallest absolute Gasteiger partial charge is 0.0701 e. The Bertz CT molecular complexity index is 514. The first-order chi connectivity index (χ1) is 9.31. The van der Waals surface area contributed by atoms with E-state index in [0.29, 0.717) is 19.8 Å². The normalized spacial score (nSPS) is 10.8. The van der Waals surface area contributed by atoms with Crippen molar-refractivity contribution in [3.8, 4) is 11.1 Å². The quantitative estimate of drug-likeness (QED) is 0.554. The molecule has 0 aliphatic carbocycles. The van der Waals surface area contributed by atoms with Gasteiger partial charge in [0.15, 0.2) is 0 Å². The highest BCUT2D eigenvalue weighted by molar-refractivity contribution is 14.1. The maximum atomic E-state index is 5.43. The van der Waals surface area contributed by atoms with Crippen LogP contribution in [0.25, 0.3) is 11.1 Å². The molecule has 0 aliphatic heterocycles. The van der Waals surface area contributed by atoms with Gasteiger partial charge in [0.25, 0.3) is 0 Å². The number of hydrogen-bond acceptors (Lipinski definition) is 3. The van der Waals surface area contributed by atoms with E-state index in [1.165, 1.54) is 9.13 Å². The molecule has 0 saturated carbocycles. The summed E-state index contributed by atoms with van der Waals surface area (Å²) >= 11 is 2.34. The monoisotopic (exact) mass is 372 g/mol. The summed E-state index contributed by atoms with van der Waals surface area (Å²) in [6, 6.07) is 8.29. The average molecular weight is 372 g/mol. The van der Waals surface area contributed by atoms with Gasteiger partial charge in [-0.1, -0.05) is 18.2 Å². The van der Waals surface area contributed by atoms with Crippen LogP contribution >= 0.6 is 22.6 Å². The molecule has 0 amide bonds. The van der Waals surface area contributed by atoms with Crippen molar-refractivity contribution in [1.82, 2.24) is 9.78 Å². The third kappa shape index (κ3) is 4.29. The first-order valence-electron chi connectivity index (χ1n) is 6.15. The summed E-state index contributed by atoms with van der Waals surface area (Å²) < 4.78 is 13.5. The van der Waals surface area contributed by atoms with Crippen LogP contribution in [0.2, 0.25) is 0 Å². The van der Waals surface area contributed by atoms with Gasteiger partial charge in [-0.3, -0.25) is 4.68 Å². The molecule has 1 aromatic carbocycles. The lowest BCUT2D eigenvalue weighted by Crippen LogP contribution is -2.09. The van der Waals surface area contributed by atoms with E-state index in [0.717, 1.165) is 12.1 Å². The lowest BCUT2D eigenvalue weighted by molar-refractivity contribution is 0.0654. The number of hydrogen-bond donors (Lipinski definition) is 0. The van der Waals surface area contributed by atoms with Gasteiger partial charge in [-0.05, 0) is 34.2 Å². The van der Waals surface area contributed by atoms with Gasteiger partial charge < -0.3 is 9.47 Å². The molecule has 2 aromatic rings. The molecule has 0 fully saturated rings. The van der Waals surface area contributed by atoms with Gasteiger partial charge in [0.05, 0.1) is 32.6 Å². The van der Waals surface area contributed by atoms with Gasteiger partial charge in [-0.15, -0.1) is 0 Å². The Morgan fingerprint density at radius 1 is 1.21 bits per heavy atom. The second-order valence-corrected chi connectivity index (χ2v) is 5.24. The molecule has 0 N–H and O–H groups in total. The van der Waals surface area contributed by atoms with Gasteiger partial charge in [0, 0.05) is 22.4 Å². The minimum atomic E-state index is 0.626. The average Bonchev–Trinajstić information content (AvgIpc) is 2.88. The van der Waals surface area contributed by atoms with Gasteiger partial charge >= 0.3 is 0 Å². The van der Waals surface area contributed by atoms with Gasteiger partial charge in [0.2, 0.25) is 0 Å². The summed E-state index contributed by atoms with van der Waals surface area (Å²) in [5.74, 6) is 0. The number of nitrogens with zero attached hydrogens (tertiary/aromatic N) is 2. The Morgan fingerprint density at radius 2 is 2.05 bits per heavy atom. The molecule has 0 radical (unpaired) electrons. The molecular formula is C14H17IN2O2. The summed E-state index contributed by atoms with van der Waals surface area (Å²) in [7, 11) is 1.67. The van der Waals surface area contributed by atoms with Crippen LogP contribution in [0.15, 0.2) is 36.7 Å². The maximum absolute atomic E-state index is 5.43. The highest BCUT2D eigenvalue weighted by Crippen LogP contribution is 2.24. The standard InChI is InChI=1S/C14H17IN2O2/c1-18-8-9-19-7-6-17-11-12(10-16-17)13-4-2-3-5-14(13)15/h2-5,10-11H,6-9H2,1H3. The molecule has 1 heterocycles. The van der Waals surface area contributed by atoms with Crippen LogP contribution < -0.4 is 0 Å². The van der Waals surface area contributed by atoms with Crippen molar-refractivity contribution in [1.29, 1.82) is 0 Å². The Balaban J connectivity index is 1.91. The van der Waals surface area contributed by atoms with Gasteiger partial charge in [-0.25, -0.2) is 0 Å². The molecule has 0 unspecified atom stereocenters. The number of benzene rings is 1. The van der Waals surface area contributed by atoms with E-state index in [1.54, 1.807) is 7.11 Å². The SMILES string of the molecule is COCCOCCn1cc(-c2ccccc2I)cn1. The minimum absolute atomic E-state index is 0.626. The fourth-order valence-corrected chi connectivity index (χ4v) is 2.42. The number of ether oxygens (including phenoxy) is 2. The molecule has 0 spiro atoms. The molecule has 2 rings (SSSR count). The topological polar surface area (TPSA) is 36.3 Å². The largest absolute Gasteiger partial charge is 0.382 e. The van der Waals surface area contributed by atoms with Crippen molar-refractivity contribution in [2.45, 2.75) is 6.54 Å². The van der Waals surface area contributed by atoms with E-state index in [4.69, 9.17) is 9.47 Å². The Hall–Kier alpha value is -0.920. The maximum Gasteiger partial charge on any atom is 0.0701 e.